The van der Waals surface area contributed by atoms with E-state index in [9.17, 15) is 9.59 Å². The van der Waals surface area contributed by atoms with Crippen molar-refractivity contribution in [2.45, 2.75) is 38.5 Å². The average molecular weight is 266 g/mol. The van der Waals surface area contributed by atoms with Gasteiger partial charge in [0.25, 0.3) is 0 Å². The van der Waals surface area contributed by atoms with E-state index in [1.54, 1.807) is 6.08 Å². The van der Waals surface area contributed by atoms with Gasteiger partial charge in [-0.2, -0.15) is 0 Å². The predicted octanol–water partition coefficient (Wildman–Crippen LogP) is 2.63. The summed E-state index contributed by atoms with van der Waals surface area (Å²) in [6.45, 7) is 0. The van der Waals surface area contributed by atoms with Crippen LogP contribution in [0.4, 0.5) is 0 Å². The number of esters is 2. The van der Waals surface area contributed by atoms with Gasteiger partial charge in [-0.25, -0.2) is 0 Å². The van der Waals surface area contributed by atoms with Crippen molar-refractivity contribution < 1.29 is 19.1 Å². The Bertz CT molecular complexity index is 344. The van der Waals surface area contributed by atoms with Crippen molar-refractivity contribution in [1.29, 1.82) is 0 Å². The van der Waals surface area contributed by atoms with E-state index in [1.807, 2.05) is 6.08 Å². The van der Waals surface area contributed by atoms with Gasteiger partial charge >= 0.3 is 11.9 Å². The fourth-order valence-electron chi connectivity index (χ4n) is 2.26. The van der Waals surface area contributed by atoms with Crippen LogP contribution in [-0.4, -0.2) is 26.2 Å². The van der Waals surface area contributed by atoms with Crippen LogP contribution >= 0.6 is 0 Å². The Morgan fingerprint density at radius 1 is 1.16 bits per heavy atom. The molecule has 1 aliphatic rings. The molecule has 0 aromatic carbocycles. The van der Waals surface area contributed by atoms with Crippen LogP contribution in [0, 0.1) is 11.8 Å². The van der Waals surface area contributed by atoms with Crippen molar-refractivity contribution in [3.8, 4) is 0 Å². The molecule has 0 N–H and O–H groups in total. The summed E-state index contributed by atoms with van der Waals surface area (Å²) in [5.41, 5.74) is 3.08. The Morgan fingerprint density at radius 3 is 2.26 bits per heavy atom. The van der Waals surface area contributed by atoms with E-state index in [0.717, 1.165) is 0 Å². The number of methoxy groups -OCH3 is 2. The smallest absolute Gasteiger partial charge is 0.320 e. The van der Waals surface area contributed by atoms with Crippen molar-refractivity contribution in [3.63, 3.8) is 0 Å². The summed E-state index contributed by atoms with van der Waals surface area (Å²) >= 11 is 0. The average Bonchev–Trinajstić information content (AvgIpc) is 2.47. The largest absolute Gasteiger partial charge is 0.468 e. The number of allylic oxidation sites excluding steroid dienone is 1. The Kier molecular flexibility index (Phi) is 6.98. The highest BCUT2D eigenvalue weighted by Crippen LogP contribution is 2.24. The molecule has 1 fully saturated rings. The van der Waals surface area contributed by atoms with E-state index < -0.39 is 17.9 Å². The van der Waals surface area contributed by atoms with Crippen LogP contribution in [0.1, 0.15) is 38.5 Å². The molecule has 0 bridgehead atoms. The maximum atomic E-state index is 11.4. The molecule has 0 unspecified atom stereocenters. The molecule has 0 amide bonds. The van der Waals surface area contributed by atoms with Crippen LogP contribution in [-0.2, 0) is 19.1 Å². The van der Waals surface area contributed by atoms with E-state index in [-0.39, 0.29) is 6.42 Å². The molecule has 0 spiro atoms. The number of ether oxygens (including phenoxy) is 2. The predicted molar refractivity (Wildman–Crippen MR) is 71.4 cm³/mol. The molecule has 1 rings (SSSR count). The molecule has 4 heteroatoms. The first kappa shape index (κ1) is 15.5. The molecule has 0 aliphatic heterocycles. The molecular weight excluding hydrogens is 244 g/mol. The summed E-state index contributed by atoms with van der Waals surface area (Å²) in [5.74, 6) is -1.44. The van der Waals surface area contributed by atoms with Crippen molar-refractivity contribution in [2.24, 2.45) is 11.8 Å². The highest BCUT2D eigenvalue weighted by atomic mass is 16.5. The van der Waals surface area contributed by atoms with Gasteiger partial charge < -0.3 is 9.47 Å². The van der Waals surface area contributed by atoms with Gasteiger partial charge in [0.05, 0.1) is 14.2 Å². The van der Waals surface area contributed by atoms with Crippen LogP contribution in [0.5, 0.6) is 0 Å². The van der Waals surface area contributed by atoms with Gasteiger partial charge in [0.15, 0.2) is 5.92 Å². The Hall–Kier alpha value is -1.54. The topological polar surface area (TPSA) is 52.6 Å². The number of hydrogen-bond acceptors (Lipinski definition) is 4. The van der Waals surface area contributed by atoms with Gasteiger partial charge in [-0.15, -0.1) is 5.73 Å². The molecule has 19 heavy (non-hydrogen) atoms. The molecule has 0 aromatic heterocycles. The lowest BCUT2D eigenvalue weighted by Crippen LogP contribution is -2.25. The number of carbonyl (C=O) groups excluding carboxylic acids is 2. The van der Waals surface area contributed by atoms with Crippen LogP contribution in [0.3, 0.4) is 0 Å². The third-order valence-electron chi connectivity index (χ3n) is 3.42. The molecule has 0 atom stereocenters. The van der Waals surface area contributed by atoms with Gasteiger partial charge in [-0.1, -0.05) is 19.3 Å². The summed E-state index contributed by atoms with van der Waals surface area (Å²) in [6, 6.07) is 0. The molecule has 1 saturated carbocycles. The molecule has 0 saturated heterocycles. The fourth-order valence-corrected chi connectivity index (χ4v) is 2.26. The van der Waals surface area contributed by atoms with Crippen LogP contribution in [0.2, 0.25) is 0 Å². The zero-order valence-electron chi connectivity index (χ0n) is 11.7. The minimum absolute atomic E-state index is 0.266. The van der Waals surface area contributed by atoms with Gasteiger partial charge in [-0.3, -0.25) is 9.59 Å². The molecule has 0 heterocycles. The summed E-state index contributed by atoms with van der Waals surface area (Å²) in [6.07, 6.45) is 10.3. The lowest BCUT2D eigenvalue weighted by atomic mass is 9.89. The monoisotopic (exact) mass is 266 g/mol. The molecule has 4 nitrogen and oxygen atoms in total. The van der Waals surface area contributed by atoms with E-state index in [0.29, 0.717) is 5.92 Å². The second-order valence-corrected chi connectivity index (χ2v) is 4.77. The lowest BCUT2D eigenvalue weighted by molar-refractivity contribution is -0.158. The first-order valence-electron chi connectivity index (χ1n) is 6.75. The van der Waals surface area contributed by atoms with Gasteiger partial charge in [0, 0.05) is 0 Å². The van der Waals surface area contributed by atoms with Gasteiger partial charge in [0.1, 0.15) is 0 Å². The number of hydrogen-bond donors (Lipinski definition) is 0. The quantitative estimate of drug-likeness (QED) is 0.436. The number of rotatable bonds is 5. The summed E-state index contributed by atoms with van der Waals surface area (Å²) < 4.78 is 9.17. The third kappa shape index (κ3) is 5.31. The van der Waals surface area contributed by atoms with Crippen LogP contribution in [0.25, 0.3) is 0 Å². The van der Waals surface area contributed by atoms with Crippen molar-refractivity contribution in [1.82, 2.24) is 0 Å². The van der Waals surface area contributed by atoms with Gasteiger partial charge in [0.2, 0.25) is 0 Å². The minimum Gasteiger partial charge on any atom is -0.468 e. The second kappa shape index (κ2) is 8.54. The molecule has 106 valence electrons. The van der Waals surface area contributed by atoms with Crippen molar-refractivity contribution in [2.75, 3.05) is 14.2 Å². The SMILES string of the molecule is COC(=O)C(CC=C=CC1CCCCC1)C(=O)OC. The maximum absolute atomic E-state index is 11.4. The summed E-state index contributed by atoms with van der Waals surface area (Å²) in [7, 11) is 2.53. The second-order valence-electron chi connectivity index (χ2n) is 4.77. The lowest BCUT2D eigenvalue weighted by Gasteiger charge is -2.16. The summed E-state index contributed by atoms with van der Waals surface area (Å²) in [5, 5.41) is 0. The minimum atomic E-state index is -0.887. The van der Waals surface area contributed by atoms with Gasteiger partial charge in [-0.05, 0) is 37.3 Å². The zero-order valence-corrected chi connectivity index (χ0v) is 11.7. The third-order valence-corrected chi connectivity index (χ3v) is 3.42. The Balaban J connectivity index is 2.52. The van der Waals surface area contributed by atoms with E-state index in [1.165, 1.54) is 46.3 Å². The van der Waals surface area contributed by atoms with Crippen molar-refractivity contribution in [3.05, 3.63) is 17.9 Å². The van der Waals surface area contributed by atoms with E-state index >= 15 is 0 Å². The molecule has 0 radical (unpaired) electrons. The fraction of sp³-hybridized carbons (Fsp3) is 0.667. The molecule has 0 aromatic rings. The zero-order chi connectivity index (χ0) is 14.1. The number of carbonyl (C=O) groups is 2. The highest BCUT2D eigenvalue weighted by Gasteiger charge is 2.27. The van der Waals surface area contributed by atoms with Crippen LogP contribution in [0.15, 0.2) is 17.9 Å². The first-order chi connectivity index (χ1) is 9.19. The first-order valence-corrected chi connectivity index (χ1v) is 6.75. The highest BCUT2D eigenvalue weighted by molar-refractivity contribution is 5.94. The Labute approximate surface area is 114 Å². The molecule has 1 aliphatic carbocycles. The van der Waals surface area contributed by atoms with Crippen LogP contribution < -0.4 is 0 Å². The van der Waals surface area contributed by atoms with Crippen molar-refractivity contribution >= 4 is 11.9 Å². The van der Waals surface area contributed by atoms with E-state index in [4.69, 9.17) is 0 Å². The normalized spacial score (nSPS) is 15.5. The molecular formula is C15H22O4. The van der Waals surface area contributed by atoms with E-state index in [2.05, 4.69) is 15.2 Å². The standard InChI is InChI=1S/C15H22O4/c1-18-14(16)13(15(17)19-2)11-7-6-10-12-8-4-3-5-9-12/h7,10,12-13H,3-5,8-9,11H2,1-2H3. The Morgan fingerprint density at radius 2 is 1.74 bits per heavy atom. The maximum Gasteiger partial charge on any atom is 0.320 e. The summed E-state index contributed by atoms with van der Waals surface area (Å²) in [4.78, 5) is 22.9.